The van der Waals surface area contributed by atoms with Crippen LogP contribution in [0.5, 0.6) is 0 Å². The highest BCUT2D eigenvalue weighted by Gasteiger charge is 2.30. The zero-order valence-electron chi connectivity index (χ0n) is 14.7. The molecule has 0 N–H and O–H groups in total. The Balaban J connectivity index is 1.72. The van der Waals surface area contributed by atoms with Gasteiger partial charge in [-0.25, -0.2) is 8.42 Å². The second-order valence-corrected chi connectivity index (χ2v) is 9.86. The van der Waals surface area contributed by atoms with Gasteiger partial charge in [-0.05, 0) is 29.7 Å². The molecule has 1 aliphatic heterocycles. The van der Waals surface area contributed by atoms with Gasteiger partial charge in [0, 0.05) is 20.5 Å². The predicted molar refractivity (Wildman–Crippen MR) is 98.5 cm³/mol. The van der Waals surface area contributed by atoms with Crippen molar-refractivity contribution in [1.82, 2.24) is 15.1 Å². The Kier molecular flexibility index (Phi) is 5.67. The molecule has 1 amide bonds. The number of carbonyl (C=O) groups is 1. The van der Waals surface area contributed by atoms with Crippen molar-refractivity contribution in [3.05, 3.63) is 41.8 Å². The Morgan fingerprint density at radius 2 is 2.04 bits per heavy atom. The fraction of sp³-hybridized carbons (Fsp3) is 0.471. The van der Waals surface area contributed by atoms with Crippen molar-refractivity contribution in [2.75, 3.05) is 25.6 Å². The molecule has 1 fully saturated rings. The van der Waals surface area contributed by atoms with Crippen molar-refractivity contribution in [2.45, 2.75) is 23.3 Å². The first-order chi connectivity index (χ1) is 12.3. The molecule has 1 aromatic carbocycles. The van der Waals surface area contributed by atoms with Crippen LogP contribution in [-0.4, -0.2) is 55.0 Å². The molecule has 0 bridgehead atoms. The number of carbonyl (C=O) groups excluding carboxylic acids is 1. The zero-order chi connectivity index (χ0) is 18.7. The lowest BCUT2D eigenvalue weighted by Crippen LogP contribution is -2.26. The van der Waals surface area contributed by atoms with Crippen molar-refractivity contribution in [3.63, 3.8) is 0 Å². The van der Waals surface area contributed by atoms with Gasteiger partial charge in [-0.15, -0.1) is 10.2 Å². The summed E-state index contributed by atoms with van der Waals surface area (Å²) in [6, 6.07) is 9.43. The highest BCUT2D eigenvalue weighted by atomic mass is 32.2. The molecule has 1 aromatic heterocycles. The van der Waals surface area contributed by atoms with E-state index in [-0.39, 0.29) is 23.3 Å². The molecule has 9 heteroatoms. The van der Waals surface area contributed by atoms with E-state index in [1.807, 2.05) is 30.3 Å². The van der Waals surface area contributed by atoms with Crippen molar-refractivity contribution in [1.29, 1.82) is 0 Å². The first-order valence-electron chi connectivity index (χ1n) is 8.29. The number of hydrogen-bond acceptors (Lipinski definition) is 7. The average molecular weight is 396 g/mol. The van der Waals surface area contributed by atoms with Crippen LogP contribution in [-0.2, 0) is 21.1 Å². The quantitative estimate of drug-likeness (QED) is 0.690. The van der Waals surface area contributed by atoms with Crippen LogP contribution in [0.2, 0.25) is 0 Å². The first-order valence-corrected chi connectivity index (χ1v) is 11.0. The maximum Gasteiger partial charge on any atom is 0.277 e. The average Bonchev–Trinajstić information content (AvgIpc) is 3.18. The molecule has 0 spiro atoms. The van der Waals surface area contributed by atoms with Crippen LogP contribution >= 0.6 is 11.8 Å². The molecule has 1 aliphatic rings. The Hall–Kier alpha value is -1.87. The van der Waals surface area contributed by atoms with E-state index in [4.69, 9.17) is 4.42 Å². The highest BCUT2D eigenvalue weighted by molar-refractivity contribution is 8.00. The number of hydrogen-bond donors (Lipinski definition) is 0. The summed E-state index contributed by atoms with van der Waals surface area (Å²) in [4.78, 5) is 14.1. The van der Waals surface area contributed by atoms with Crippen molar-refractivity contribution >= 4 is 27.5 Å². The SMILES string of the molecule is CN(C)C(=O)[C@H](Sc1nnc(C[C@@H]2CCS(=O)(=O)C2)o1)c1ccccc1. The molecule has 26 heavy (non-hydrogen) atoms. The third kappa shape index (κ3) is 4.64. The van der Waals surface area contributed by atoms with E-state index in [9.17, 15) is 13.2 Å². The lowest BCUT2D eigenvalue weighted by atomic mass is 10.1. The molecule has 0 radical (unpaired) electrons. The van der Waals surface area contributed by atoms with Gasteiger partial charge in [0.2, 0.25) is 11.8 Å². The minimum atomic E-state index is -2.93. The molecular formula is C17H21N3O4S2. The number of rotatable bonds is 6. The van der Waals surface area contributed by atoms with Gasteiger partial charge in [-0.3, -0.25) is 4.79 Å². The maximum atomic E-state index is 12.6. The molecule has 3 rings (SSSR count). The number of likely N-dealkylation sites (N-methyl/N-ethyl adjacent to an activating group) is 1. The minimum absolute atomic E-state index is 0.0200. The van der Waals surface area contributed by atoms with Gasteiger partial charge >= 0.3 is 0 Å². The third-order valence-electron chi connectivity index (χ3n) is 4.22. The largest absolute Gasteiger partial charge is 0.416 e. The Bertz CT molecular complexity index is 865. The minimum Gasteiger partial charge on any atom is -0.416 e. The van der Waals surface area contributed by atoms with Gasteiger partial charge in [-0.1, -0.05) is 30.3 Å². The van der Waals surface area contributed by atoms with Gasteiger partial charge in [0.05, 0.1) is 11.5 Å². The van der Waals surface area contributed by atoms with Crippen molar-refractivity contribution in [2.24, 2.45) is 5.92 Å². The summed E-state index contributed by atoms with van der Waals surface area (Å²) in [5.74, 6) is 0.762. The van der Waals surface area contributed by atoms with Crippen molar-refractivity contribution < 1.29 is 17.6 Å². The predicted octanol–water partition coefficient (Wildman–Crippen LogP) is 1.97. The van der Waals surface area contributed by atoms with Crippen molar-refractivity contribution in [3.8, 4) is 0 Å². The van der Waals surface area contributed by atoms with E-state index in [2.05, 4.69) is 10.2 Å². The number of sulfone groups is 1. The zero-order valence-corrected chi connectivity index (χ0v) is 16.3. The Labute approximate surface area is 157 Å². The monoisotopic (exact) mass is 395 g/mol. The molecule has 7 nitrogen and oxygen atoms in total. The van der Waals surface area contributed by atoms with Crippen LogP contribution in [0.4, 0.5) is 0 Å². The highest BCUT2D eigenvalue weighted by Crippen LogP contribution is 2.36. The van der Waals surface area contributed by atoms with E-state index in [0.717, 1.165) is 5.56 Å². The van der Waals surface area contributed by atoms with E-state index in [0.29, 0.717) is 24.0 Å². The molecular weight excluding hydrogens is 374 g/mol. The molecule has 2 heterocycles. The number of aromatic nitrogens is 2. The van der Waals surface area contributed by atoms with Gasteiger partial charge in [0.25, 0.3) is 5.22 Å². The van der Waals surface area contributed by atoms with Crippen LogP contribution < -0.4 is 0 Å². The Morgan fingerprint density at radius 3 is 2.65 bits per heavy atom. The molecule has 0 aliphatic carbocycles. The van der Waals surface area contributed by atoms with Gasteiger partial charge in [-0.2, -0.15) is 0 Å². The smallest absolute Gasteiger partial charge is 0.277 e. The number of thioether (sulfide) groups is 1. The lowest BCUT2D eigenvalue weighted by molar-refractivity contribution is -0.128. The number of nitrogens with zero attached hydrogens (tertiary/aromatic N) is 3. The molecule has 0 unspecified atom stereocenters. The normalized spacial score (nSPS) is 20.0. The van der Waals surface area contributed by atoms with Crippen LogP contribution in [0.15, 0.2) is 40.0 Å². The van der Waals surface area contributed by atoms with E-state index in [1.165, 1.54) is 16.7 Å². The first kappa shape index (κ1) is 18.9. The fourth-order valence-electron chi connectivity index (χ4n) is 2.87. The number of amides is 1. The molecule has 2 atom stereocenters. The fourth-order valence-corrected chi connectivity index (χ4v) is 5.77. The van der Waals surface area contributed by atoms with E-state index >= 15 is 0 Å². The lowest BCUT2D eigenvalue weighted by Gasteiger charge is -2.18. The maximum absolute atomic E-state index is 12.6. The second-order valence-electron chi connectivity index (χ2n) is 6.58. The van der Waals surface area contributed by atoms with Crippen LogP contribution in [0, 0.1) is 5.92 Å². The number of benzene rings is 1. The molecule has 1 saturated heterocycles. The summed E-state index contributed by atoms with van der Waals surface area (Å²) >= 11 is 1.21. The summed E-state index contributed by atoms with van der Waals surface area (Å²) in [6.45, 7) is 0. The molecule has 140 valence electrons. The van der Waals surface area contributed by atoms with E-state index < -0.39 is 15.1 Å². The van der Waals surface area contributed by atoms with E-state index in [1.54, 1.807) is 14.1 Å². The Morgan fingerprint density at radius 1 is 1.31 bits per heavy atom. The summed E-state index contributed by atoms with van der Waals surface area (Å²) < 4.78 is 28.8. The van der Waals surface area contributed by atoms with Gasteiger partial charge in [0.15, 0.2) is 9.84 Å². The summed E-state index contributed by atoms with van der Waals surface area (Å²) in [7, 11) is 0.484. The summed E-state index contributed by atoms with van der Waals surface area (Å²) in [5, 5.41) is 7.88. The second kappa shape index (κ2) is 7.79. The summed E-state index contributed by atoms with van der Waals surface area (Å²) in [6.07, 6.45) is 1.07. The summed E-state index contributed by atoms with van der Waals surface area (Å²) in [5.41, 5.74) is 0.859. The van der Waals surface area contributed by atoms with Gasteiger partial charge < -0.3 is 9.32 Å². The third-order valence-corrected chi connectivity index (χ3v) is 7.14. The standard InChI is InChI=1S/C17H21N3O4S2/c1-20(2)16(21)15(13-6-4-3-5-7-13)25-17-19-18-14(24-17)10-12-8-9-26(22,23)11-12/h3-7,12,15H,8-11H2,1-2H3/t12-,15+/m0/s1. The van der Waals surface area contributed by atoms with Gasteiger partial charge in [0.1, 0.15) is 5.25 Å². The van der Waals surface area contributed by atoms with Crippen LogP contribution in [0.3, 0.4) is 0 Å². The molecule has 0 saturated carbocycles. The topological polar surface area (TPSA) is 93.4 Å². The molecule has 2 aromatic rings. The van der Waals surface area contributed by atoms with Crippen LogP contribution in [0.1, 0.15) is 23.1 Å². The van der Waals surface area contributed by atoms with Crippen LogP contribution in [0.25, 0.3) is 0 Å².